The highest BCUT2D eigenvalue weighted by Crippen LogP contribution is 2.44. The van der Waals surface area contributed by atoms with Crippen molar-refractivity contribution in [1.82, 2.24) is 5.32 Å². The van der Waals surface area contributed by atoms with Gasteiger partial charge in [0.25, 0.3) is 17.5 Å². The Morgan fingerprint density at radius 3 is 2.35 bits per heavy atom. The second-order valence-electron chi connectivity index (χ2n) is 8.54. The fourth-order valence-corrected chi connectivity index (χ4v) is 4.41. The number of barbiturate groups is 1. The largest absolute Gasteiger partial charge is 0.490 e. The third kappa shape index (κ3) is 6.45. The normalized spacial score (nSPS) is 14.5. The van der Waals surface area contributed by atoms with E-state index in [0.717, 1.165) is 24.3 Å². The van der Waals surface area contributed by atoms with Gasteiger partial charge in [0, 0.05) is 18.2 Å². The zero-order valence-corrected chi connectivity index (χ0v) is 23.1. The minimum Gasteiger partial charge on any atom is -0.490 e. The van der Waals surface area contributed by atoms with Crippen LogP contribution >= 0.6 is 15.9 Å². The molecule has 4 amide bonds. The van der Waals surface area contributed by atoms with Crippen LogP contribution in [0.5, 0.6) is 17.2 Å². The van der Waals surface area contributed by atoms with Gasteiger partial charge in [-0.3, -0.25) is 35.1 Å². The molecule has 13 nitrogen and oxygen atoms in total. The maximum absolute atomic E-state index is 13.2. The molecule has 1 heterocycles. The maximum atomic E-state index is 13.2. The van der Waals surface area contributed by atoms with E-state index in [1.807, 2.05) is 5.32 Å². The molecule has 0 atom stereocenters. The number of amides is 4. The molecular weight excluding hydrogens is 649 g/mol. The second-order valence-corrected chi connectivity index (χ2v) is 9.39. The number of rotatable bonds is 8. The van der Waals surface area contributed by atoms with E-state index in [9.17, 15) is 47.8 Å². The average Bonchev–Trinajstić information content (AvgIpc) is 2.92. The van der Waals surface area contributed by atoms with Gasteiger partial charge in [0.15, 0.2) is 11.5 Å². The molecule has 0 saturated carbocycles. The monoisotopic (exact) mass is 664 g/mol. The molecule has 3 aromatic rings. The number of halogens is 4. The van der Waals surface area contributed by atoms with Gasteiger partial charge < -0.3 is 9.47 Å². The highest BCUT2D eigenvalue weighted by Gasteiger charge is 2.38. The number of nitrogens with zero attached hydrogens (tertiary/aromatic N) is 3. The summed E-state index contributed by atoms with van der Waals surface area (Å²) in [5.41, 5.74) is -3.21. The lowest BCUT2D eigenvalue weighted by molar-refractivity contribution is -0.385. The van der Waals surface area contributed by atoms with E-state index in [0.29, 0.717) is 17.0 Å². The van der Waals surface area contributed by atoms with Crippen molar-refractivity contribution in [3.63, 3.8) is 0 Å². The number of anilines is 1. The van der Waals surface area contributed by atoms with E-state index >= 15 is 0 Å². The van der Waals surface area contributed by atoms with Crippen LogP contribution in [0.3, 0.4) is 0 Å². The molecule has 1 N–H and O–H groups in total. The molecule has 222 valence electrons. The lowest BCUT2D eigenvalue weighted by Gasteiger charge is -2.26. The van der Waals surface area contributed by atoms with Gasteiger partial charge in [-0.15, -0.1) is 0 Å². The average molecular weight is 665 g/mol. The summed E-state index contributed by atoms with van der Waals surface area (Å²) in [6, 6.07) is 7.80. The minimum atomic E-state index is -4.84. The van der Waals surface area contributed by atoms with E-state index in [1.165, 1.54) is 24.3 Å². The Morgan fingerprint density at radius 2 is 1.72 bits per heavy atom. The molecule has 17 heteroatoms. The van der Waals surface area contributed by atoms with Crippen molar-refractivity contribution in [1.29, 1.82) is 0 Å². The second kappa shape index (κ2) is 11.9. The van der Waals surface area contributed by atoms with Gasteiger partial charge in [0.2, 0.25) is 5.75 Å². The number of benzene rings is 3. The summed E-state index contributed by atoms with van der Waals surface area (Å²) in [7, 11) is 0. The van der Waals surface area contributed by atoms with Crippen LogP contribution in [0.15, 0.2) is 64.6 Å². The maximum Gasteiger partial charge on any atom is 0.416 e. The number of alkyl halides is 3. The van der Waals surface area contributed by atoms with Gasteiger partial charge in [-0.25, -0.2) is 9.69 Å². The van der Waals surface area contributed by atoms with Crippen molar-refractivity contribution in [2.75, 3.05) is 11.5 Å². The van der Waals surface area contributed by atoms with Gasteiger partial charge in [-0.05, 0) is 64.8 Å². The van der Waals surface area contributed by atoms with Crippen molar-refractivity contribution in [3.8, 4) is 17.2 Å². The molecule has 0 radical (unpaired) electrons. The summed E-state index contributed by atoms with van der Waals surface area (Å²) in [6.07, 6.45) is -3.75. The summed E-state index contributed by atoms with van der Waals surface area (Å²) < 4.78 is 50.5. The standard InChI is InChI=1S/C26H16BrF3N4O9/c1-2-42-21-10-13(9-18(27)22(21)43-20-7-6-14(26(28,29)30)11-19(20)34(40)41)8-17-23(35)31-25(37)32(24(17)36)15-4-3-5-16(12-15)33(38)39/h3-12H,2H2,1H3,(H,31,35,37)/b17-8+. The van der Waals surface area contributed by atoms with Crippen LogP contribution in [0.2, 0.25) is 0 Å². The number of hydrogen-bond acceptors (Lipinski definition) is 9. The van der Waals surface area contributed by atoms with E-state index in [2.05, 4.69) is 15.9 Å². The highest BCUT2D eigenvalue weighted by molar-refractivity contribution is 9.10. The van der Waals surface area contributed by atoms with Crippen molar-refractivity contribution < 1.29 is 46.9 Å². The lowest BCUT2D eigenvalue weighted by atomic mass is 10.1. The molecule has 3 aromatic carbocycles. The number of nitro groups is 2. The Morgan fingerprint density at radius 1 is 1.00 bits per heavy atom. The number of nitrogens with one attached hydrogen (secondary N) is 1. The predicted molar refractivity (Wildman–Crippen MR) is 146 cm³/mol. The Balaban J connectivity index is 1.74. The summed E-state index contributed by atoms with van der Waals surface area (Å²) in [5, 5.41) is 24.6. The smallest absolute Gasteiger partial charge is 0.416 e. The van der Waals surface area contributed by atoms with Crippen LogP contribution in [-0.2, 0) is 15.8 Å². The molecule has 0 unspecified atom stereocenters. The number of carbonyl (C=O) groups excluding carboxylic acids is 3. The lowest BCUT2D eigenvalue weighted by Crippen LogP contribution is -2.54. The van der Waals surface area contributed by atoms with E-state index in [-0.39, 0.29) is 33.8 Å². The predicted octanol–water partition coefficient (Wildman–Crippen LogP) is 6.14. The SMILES string of the molecule is CCOc1cc(/C=C2\C(=O)NC(=O)N(c3cccc([N+](=O)[O-])c3)C2=O)cc(Br)c1Oc1ccc(C(F)(F)F)cc1[N+](=O)[O-]. The van der Waals surface area contributed by atoms with Crippen molar-refractivity contribution in [2.45, 2.75) is 13.1 Å². The molecule has 1 aliphatic rings. The highest BCUT2D eigenvalue weighted by atomic mass is 79.9. The van der Waals surface area contributed by atoms with Crippen LogP contribution in [-0.4, -0.2) is 34.3 Å². The van der Waals surface area contributed by atoms with Crippen LogP contribution in [0.1, 0.15) is 18.1 Å². The van der Waals surface area contributed by atoms with Gasteiger partial charge in [-0.2, -0.15) is 13.2 Å². The number of hydrogen-bond donors (Lipinski definition) is 1. The minimum absolute atomic E-state index is 0.0341. The fraction of sp³-hybridized carbons (Fsp3) is 0.115. The van der Waals surface area contributed by atoms with Gasteiger partial charge in [0.1, 0.15) is 5.57 Å². The van der Waals surface area contributed by atoms with Crippen LogP contribution < -0.4 is 19.7 Å². The molecular formula is C26H16BrF3N4O9. The molecule has 1 fully saturated rings. The zero-order valence-electron chi connectivity index (χ0n) is 21.5. The molecule has 0 aliphatic carbocycles. The molecule has 43 heavy (non-hydrogen) atoms. The molecule has 0 spiro atoms. The molecule has 1 saturated heterocycles. The van der Waals surface area contributed by atoms with E-state index < -0.39 is 62.1 Å². The van der Waals surface area contributed by atoms with Gasteiger partial charge in [-0.1, -0.05) is 6.07 Å². The summed E-state index contributed by atoms with van der Waals surface area (Å²) in [5.74, 6) is -2.93. The van der Waals surface area contributed by atoms with Crippen LogP contribution in [0.4, 0.5) is 35.0 Å². The Hall–Kier alpha value is -5.32. The van der Waals surface area contributed by atoms with E-state index in [4.69, 9.17) is 9.47 Å². The fourth-order valence-electron chi connectivity index (χ4n) is 3.87. The topological polar surface area (TPSA) is 171 Å². The number of urea groups is 1. The van der Waals surface area contributed by atoms with Gasteiger partial charge >= 0.3 is 17.9 Å². The summed E-state index contributed by atoms with van der Waals surface area (Å²) >= 11 is 3.21. The number of nitro benzene ring substituents is 2. The number of ether oxygens (including phenoxy) is 2. The quantitative estimate of drug-likeness (QED) is 0.128. The van der Waals surface area contributed by atoms with Gasteiger partial charge in [0.05, 0.1) is 32.2 Å². The van der Waals surface area contributed by atoms with Crippen molar-refractivity contribution in [2.24, 2.45) is 0 Å². The number of non-ortho nitro benzene ring substituents is 1. The summed E-state index contributed by atoms with van der Waals surface area (Å²) in [4.78, 5) is 59.7. The third-order valence-corrected chi connectivity index (χ3v) is 6.33. The molecule has 0 bridgehead atoms. The Bertz CT molecular complexity index is 1730. The van der Waals surface area contributed by atoms with Crippen LogP contribution in [0, 0.1) is 20.2 Å². The van der Waals surface area contributed by atoms with Crippen molar-refractivity contribution >= 4 is 56.9 Å². The Kier molecular flexibility index (Phi) is 8.47. The van der Waals surface area contributed by atoms with E-state index in [1.54, 1.807) is 6.92 Å². The Labute approximate surface area is 246 Å². The first-order valence-electron chi connectivity index (χ1n) is 11.9. The van der Waals surface area contributed by atoms with Crippen molar-refractivity contribution in [3.05, 3.63) is 96.0 Å². The first-order chi connectivity index (χ1) is 20.2. The molecule has 0 aromatic heterocycles. The number of carbonyl (C=O) groups is 3. The first-order valence-corrected chi connectivity index (χ1v) is 12.7. The third-order valence-electron chi connectivity index (χ3n) is 5.74. The molecule has 1 aliphatic heterocycles. The number of imide groups is 2. The molecule has 4 rings (SSSR count). The summed E-state index contributed by atoms with van der Waals surface area (Å²) in [6.45, 7) is 1.62. The zero-order chi connectivity index (χ0) is 31.6. The first kappa shape index (κ1) is 30.6. The van der Waals surface area contributed by atoms with Crippen LogP contribution in [0.25, 0.3) is 6.08 Å².